The minimum atomic E-state index is -4.49. The van der Waals surface area contributed by atoms with Gasteiger partial charge >= 0.3 is 6.18 Å². The molecule has 0 unspecified atom stereocenters. The summed E-state index contributed by atoms with van der Waals surface area (Å²) in [7, 11) is 6.82. The van der Waals surface area contributed by atoms with Crippen molar-refractivity contribution in [1.82, 2.24) is 25.4 Å². The molecule has 0 saturated heterocycles. The van der Waals surface area contributed by atoms with Crippen LogP contribution in [0.2, 0.25) is 0 Å². The number of thiazole rings is 1. The van der Waals surface area contributed by atoms with Crippen LogP contribution in [0.5, 0.6) is 0 Å². The van der Waals surface area contributed by atoms with Crippen LogP contribution in [0.15, 0.2) is 16.6 Å². The van der Waals surface area contributed by atoms with Crippen LogP contribution in [0.3, 0.4) is 0 Å². The molecule has 11 heteroatoms. The zero-order valence-corrected chi connectivity index (χ0v) is 15.2. The molecule has 138 valence electrons. The molecule has 0 fully saturated rings. The molecule has 0 spiro atoms. The van der Waals surface area contributed by atoms with Crippen LogP contribution in [-0.2, 0) is 26.3 Å². The number of anilines is 1. The molecule has 0 saturated carbocycles. The van der Waals surface area contributed by atoms with E-state index < -0.39 is 11.9 Å². The predicted octanol–water partition coefficient (Wildman–Crippen LogP) is 1.83. The van der Waals surface area contributed by atoms with Gasteiger partial charge in [-0.05, 0) is 0 Å². The monoisotopic (exact) mass is 375 g/mol. The maximum Gasteiger partial charge on any atom is 0.435 e. The first-order valence-electron chi connectivity index (χ1n) is 7.36. The van der Waals surface area contributed by atoms with Crippen LogP contribution in [0, 0.1) is 0 Å². The molecule has 0 aliphatic carbocycles. The number of aliphatic imine (C=N–C) groups is 1. The fourth-order valence-electron chi connectivity index (χ4n) is 2.06. The fourth-order valence-corrected chi connectivity index (χ4v) is 2.82. The number of hydrogen-bond donors (Lipinski definition) is 2. The minimum Gasteiger partial charge on any atom is -0.354 e. The Morgan fingerprint density at radius 2 is 2.00 bits per heavy atom. The molecule has 0 aliphatic rings. The van der Waals surface area contributed by atoms with Crippen LogP contribution < -0.4 is 15.5 Å². The first kappa shape index (κ1) is 19.0. The van der Waals surface area contributed by atoms with Crippen molar-refractivity contribution in [2.45, 2.75) is 19.3 Å². The number of rotatable bonds is 5. The molecular weight excluding hydrogens is 355 g/mol. The summed E-state index contributed by atoms with van der Waals surface area (Å²) in [4.78, 5) is 10.3. The summed E-state index contributed by atoms with van der Waals surface area (Å²) in [5.41, 5.74) is -0.0106. The number of guanidine groups is 1. The van der Waals surface area contributed by atoms with Gasteiger partial charge in [0.15, 0.2) is 16.8 Å². The van der Waals surface area contributed by atoms with Crippen LogP contribution in [-0.4, -0.2) is 41.9 Å². The van der Waals surface area contributed by atoms with E-state index in [0.717, 1.165) is 15.5 Å². The van der Waals surface area contributed by atoms with E-state index in [1.807, 2.05) is 24.4 Å². The quantitative estimate of drug-likeness (QED) is 0.616. The van der Waals surface area contributed by atoms with Crippen LogP contribution in [0.1, 0.15) is 17.0 Å². The van der Waals surface area contributed by atoms with E-state index in [-0.39, 0.29) is 12.1 Å². The molecular formula is C14H20F3N7S. The number of aryl methyl sites for hydroxylation is 1. The standard InChI is InChI=1S/C14H20F3N7S/c1-18-12(20-6-10-8-25-13(21-10)23(2)3)19-5-9-7-24(4)22-11(9)14(15,16)17/h7-8H,5-6H2,1-4H3,(H2,18,19,20). The van der Waals surface area contributed by atoms with Gasteiger partial charge in [-0.1, -0.05) is 0 Å². The van der Waals surface area contributed by atoms with Crippen LogP contribution >= 0.6 is 11.3 Å². The summed E-state index contributed by atoms with van der Waals surface area (Å²) in [6.07, 6.45) is -3.15. The van der Waals surface area contributed by atoms with E-state index in [1.165, 1.54) is 24.6 Å². The molecule has 0 amide bonds. The van der Waals surface area contributed by atoms with Gasteiger partial charge in [0.2, 0.25) is 0 Å². The molecule has 2 aromatic rings. The second kappa shape index (κ2) is 7.72. The SMILES string of the molecule is CN=C(NCc1csc(N(C)C)n1)NCc1cn(C)nc1C(F)(F)F. The Kier molecular flexibility index (Phi) is 5.88. The summed E-state index contributed by atoms with van der Waals surface area (Å²) >= 11 is 1.51. The highest BCUT2D eigenvalue weighted by Gasteiger charge is 2.36. The average molecular weight is 375 g/mol. The molecule has 2 rings (SSSR count). The van der Waals surface area contributed by atoms with Gasteiger partial charge < -0.3 is 15.5 Å². The predicted molar refractivity (Wildman–Crippen MR) is 91.7 cm³/mol. The Morgan fingerprint density at radius 1 is 1.32 bits per heavy atom. The zero-order valence-electron chi connectivity index (χ0n) is 14.3. The molecule has 2 heterocycles. The van der Waals surface area contributed by atoms with Crippen molar-refractivity contribution in [2.75, 3.05) is 26.0 Å². The van der Waals surface area contributed by atoms with Gasteiger partial charge in [-0.15, -0.1) is 11.3 Å². The van der Waals surface area contributed by atoms with E-state index in [9.17, 15) is 13.2 Å². The number of nitrogens with zero attached hydrogens (tertiary/aromatic N) is 5. The molecule has 0 radical (unpaired) electrons. The second-order valence-electron chi connectivity index (χ2n) is 5.47. The van der Waals surface area contributed by atoms with Gasteiger partial charge in [0.25, 0.3) is 0 Å². The molecule has 2 N–H and O–H groups in total. The Morgan fingerprint density at radius 3 is 2.56 bits per heavy atom. The molecule has 0 aliphatic heterocycles. The highest BCUT2D eigenvalue weighted by molar-refractivity contribution is 7.13. The third kappa shape index (κ3) is 5.08. The third-order valence-electron chi connectivity index (χ3n) is 3.20. The van der Waals surface area contributed by atoms with Gasteiger partial charge in [-0.2, -0.15) is 18.3 Å². The largest absolute Gasteiger partial charge is 0.435 e. The van der Waals surface area contributed by atoms with Gasteiger partial charge in [-0.25, -0.2) is 4.98 Å². The summed E-state index contributed by atoms with van der Waals surface area (Å²) < 4.78 is 40.0. The van der Waals surface area contributed by atoms with E-state index in [1.54, 1.807) is 7.05 Å². The summed E-state index contributed by atoms with van der Waals surface area (Å²) in [5, 5.41) is 12.2. The number of hydrogen-bond acceptors (Lipinski definition) is 5. The molecule has 25 heavy (non-hydrogen) atoms. The fraction of sp³-hybridized carbons (Fsp3) is 0.500. The van der Waals surface area contributed by atoms with Crippen molar-refractivity contribution in [3.63, 3.8) is 0 Å². The number of nitrogens with one attached hydrogen (secondary N) is 2. The van der Waals surface area contributed by atoms with Crippen molar-refractivity contribution in [2.24, 2.45) is 12.0 Å². The van der Waals surface area contributed by atoms with Crippen LogP contribution in [0.25, 0.3) is 0 Å². The maximum absolute atomic E-state index is 12.9. The van der Waals surface area contributed by atoms with E-state index in [4.69, 9.17) is 0 Å². The Hall–Kier alpha value is -2.30. The summed E-state index contributed by atoms with van der Waals surface area (Å²) in [6.45, 7) is 0.381. The van der Waals surface area contributed by atoms with Gasteiger partial charge in [0.1, 0.15) is 0 Å². The normalized spacial score (nSPS) is 12.4. The van der Waals surface area contributed by atoms with Gasteiger partial charge in [-0.3, -0.25) is 9.67 Å². The Bertz CT molecular complexity index is 733. The molecule has 0 aromatic carbocycles. The molecule has 0 bridgehead atoms. The lowest BCUT2D eigenvalue weighted by atomic mass is 10.2. The highest BCUT2D eigenvalue weighted by atomic mass is 32.1. The Balaban J connectivity index is 1.95. The zero-order chi connectivity index (χ0) is 18.6. The maximum atomic E-state index is 12.9. The first-order valence-corrected chi connectivity index (χ1v) is 8.24. The van der Waals surface area contributed by atoms with Crippen molar-refractivity contribution in [3.8, 4) is 0 Å². The third-order valence-corrected chi connectivity index (χ3v) is 4.26. The summed E-state index contributed by atoms with van der Waals surface area (Å²) in [5.74, 6) is 0.386. The molecule has 7 nitrogen and oxygen atoms in total. The van der Waals surface area contributed by atoms with E-state index in [2.05, 4.69) is 25.7 Å². The van der Waals surface area contributed by atoms with Crippen molar-refractivity contribution < 1.29 is 13.2 Å². The smallest absolute Gasteiger partial charge is 0.354 e. The highest BCUT2D eigenvalue weighted by Crippen LogP contribution is 2.30. The number of alkyl halides is 3. The average Bonchev–Trinajstić information content (AvgIpc) is 3.13. The number of aromatic nitrogens is 3. The van der Waals surface area contributed by atoms with Gasteiger partial charge in [0.05, 0.1) is 12.2 Å². The molecule has 2 aromatic heterocycles. The van der Waals surface area contributed by atoms with Crippen molar-refractivity contribution in [1.29, 1.82) is 0 Å². The van der Waals surface area contributed by atoms with E-state index >= 15 is 0 Å². The van der Waals surface area contributed by atoms with E-state index in [0.29, 0.717) is 12.5 Å². The lowest BCUT2D eigenvalue weighted by Gasteiger charge is -2.12. The second-order valence-corrected chi connectivity index (χ2v) is 6.31. The molecule has 0 atom stereocenters. The van der Waals surface area contributed by atoms with Crippen LogP contribution in [0.4, 0.5) is 18.3 Å². The summed E-state index contributed by atoms with van der Waals surface area (Å²) in [6, 6.07) is 0. The first-order chi connectivity index (χ1) is 11.7. The topological polar surface area (TPSA) is 70.4 Å². The lowest BCUT2D eigenvalue weighted by Crippen LogP contribution is -2.36. The van der Waals surface area contributed by atoms with Crippen molar-refractivity contribution in [3.05, 3.63) is 28.5 Å². The lowest BCUT2D eigenvalue weighted by molar-refractivity contribution is -0.142. The minimum absolute atomic E-state index is 0.0393. The van der Waals surface area contributed by atoms with Gasteiger partial charge in [0, 0.05) is 51.9 Å². The Labute approximate surface area is 147 Å². The number of halogens is 3. The van der Waals surface area contributed by atoms with Crippen molar-refractivity contribution >= 4 is 22.4 Å².